The van der Waals surface area contributed by atoms with E-state index >= 15 is 0 Å². The number of nitrogens with one attached hydrogen (secondary N) is 1. The van der Waals surface area contributed by atoms with Gasteiger partial charge >= 0.3 is 6.18 Å². The van der Waals surface area contributed by atoms with Gasteiger partial charge in [0.15, 0.2) is 5.92 Å². The number of benzene rings is 2. The Hall–Kier alpha value is -3.40. The Balaban J connectivity index is 1.78. The SMILES string of the molecule is NC1=NN(c2ccccc2)C(=O)C1C(=O)C(=O)Nc1ccc(Cl)c(C(F)(F)F)c1. The summed E-state index contributed by atoms with van der Waals surface area (Å²) in [5.41, 5.74) is 4.49. The van der Waals surface area contributed by atoms with Crippen LogP contribution < -0.4 is 16.1 Å². The van der Waals surface area contributed by atoms with Gasteiger partial charge < -0.3 is 11.1 Å². The summed E-state index contributed by atoms with van der Waals surface area (Å²) in [6.45, 7) is 0. The molecule has 0 spiro atoms. The average molecular weight is 425 g/mol. The van der Waals surface area contributed by atoms with Crippen LogP contribution in [-0.2, 0) is 20.6 Å². The second kappa shape index (κ2) is 7.55. The third-order valence-corrected chi connectivity index (χ3v) is 4.31. The topological polar surface area (TPSA) is 105 Å². The van der Waals surface area contributed by atoms with Gasteiger partial charge in [-0.15, -0.1) is 0 Å². The maximum atomic E-state index is 12.9. The van der Waals surface area contributed by atoms with E-state index in [1.54, 1.807) is 30.3 Å². The number of nitrogens with zero attached hydrogens (tertiary/aromatic N) is 2. The summed E-state index contributed by atoms with van der Waals surface area (Å²) in [6, 6.07) is 10.7. The number of amidine groups is 1. The molecule has 0 fully saturated rings. The van der Waals surface area contributed by atoms with Gasteiger partial charge in [-0.25, -0.2) is 0 Å². The molecule has 0 radical (unpaired) electrons. The van der Waals surface area contributed by atoms with E-state index in [1.807, 2.05) is 5.32 Å². The van der Waals surface area contributed by atoms with E-state index in [1.165, 1.54) is 0 Å². The second-order valence-electron chi connectivity index (χ2n) is 5.95. The number of Topliss-reactive ketones (excluding diaryl/α,β-unsaturated/α-hetero) is 1. The van der Waals surface area contributed by atoms with E-state index < -0.39 is 46.1 Å². The number of amides is 2. The van der Waals surface area contributed by atoms with Crippen molar-refractivity contribution in [3.05, 3.63) is 59.1 Å². The lowest BCUT2D eigenvalue weighted by Crippen LogP contribution is -2.41. The van der Waals surface area contributed by atoms with E-state index in [0.29, 0.717) is 11.8 Å². The van der Waals surface area contributed by atoms with Gasteiger partial charge in [0.2, 0.25) is 5.78 Å². The summed E-state index contributed by atoms with van der Waals surface area (Å²) in [5.74, 6) is -5.48. The van der Waals surface area contributed by atoms with Crippen molar-refractivity contribution < 1.29 is 27.6 Å². The zero-order valence-electron chi connectivity index (χ0n) is 14.4. The molecule has 0 saturated carbocycles. The van der Waals surface area contributed by atoms with Gasteiger partial charge in [-0.05, 0) is 30.3 Å². The largest absolute Gasteiger partial charge is 0.417 e. The Labute approximate surface area is 166 Å². The van der Waals surface area contributed by atoms with Gasteiger partial charge in [-0.1, -0.05) is 29.8 Å². The van der Waals surface area contributed by atoms with Gasteiger partial charge in [-0.2, -0.15) is 23.3 Å². The van der Waals surface area contributed by atoms with Crippen LogP contribution in [0.1, 0.15) is 5.56 Å². The standard InChI is InChI=1S/C18H12ClF3N4O3/c19-12-7-6-9(8-11(12)18(20,21)22)24-16(28)14(27)13-15(23)25-26(17(13)29)10-4-2-1-3-5-10/h1-8,13H,(H2,23,25)(H,24,28). The number of hydrogen-bond donors (Lipinski definition) is 2. The molecule has 7 nitrogen and oxygen atoms in total. The maximum absolute atomic E-state index is 12.9. The molecule has 1 heterocycles. The number of hydrazone groups is 1. The first-order chi connectivity index (χ1) is 13.6. The number of carbonyl (C=O) groups is 3. The number of halogens is 4. The number of ketones is 1. The summed E-state index contributed by atoms with van der Waals surface area (Å²) in [5, 5.41) is 6.14. The Bertz CT molecular complexity index is 1020. The molecule has 1 aliphatic rings. The van der Waals surface area contributed by atoms with Crippen LogP contribution >= 0.6 is 11.6 Å². The smallest absolute Gasteiger partial charge is 0.385 e. The first-order valence-corrected chi connectivity index (χ1v) is 8.42. The molecule has 0 aromatic heterocycles. The highest BCUT2D eigenvalue weighted by Gasteiger charge is 2.43. The molecule has 0 aliphatic carbocycles. The molecule has 2 amide bonds. The molecule has 11 heteroatoms. The van der Waals surface area contributed by atoms with Gasteiger partial charge in [-0.3, -0.25) is 14.4 Å². The Kier molecular flexibility index (Phi) is 5.29. The Morgan fingerprint density at radius 2 is 1.79 bits per heavy atom. The fourth-order valence-corrected chi connectivity index (χ4v) is 2.84. The van der Waals surface area contributed by atoms with E-state index in [4.69, 9.17) is 17.3 Å². The predicted octanol–water partition coefficient (Wildman–Crippen LogP) is 2.80. The molecular weight excluding hydrogens is 413 g/mol. The number of hydrogen-bond acceptors (Lipinski definition) is 5. The van der Waals surface area contributed by atoms with Crippen molar-refractivity contribution in [1.29, 1.82) is 0 Å². The summed E-state index contributed by atoms with van der Waals surface area (Å²) < 4.78 is 38.8. The van der Waals surface area contributed by atoms with Crippen molar-refractivity contribution in [3.63, 3.8) is 0 Å². The van der Waals surface area contributed by atoms with Crippen molar-refractivity contribution in [3.8, 4) is 0 Å². The molecule has 1 atom stereocenters. The minimum absolute atomic E-state index is 0.319. The van der Waals surface area contributed by atoms with Crippen LogP contribution in [0.3, 0.4) is 0 Å². The zero-order valence-corrected chi connectivity index (χ0v) is 15.2. The average Bonchev–Trinajstić information content (AvgIpc) is 2.96. The lowest BCUT2D eigenvalue weighted by Gasteiger charge is -2.14. The van der Waals surface area contributed by atoms with Crippen LogP contribution in [0.4, 0.5) is 24.5 Å². The molecule has 1 aliphatic heterocycles. The molecular formula is C18H12ClF3N4O3. The van der Waals surface area contributed by atoms with Gasteiger partial charge in [0.25, 0.3) is 11.8 Å². The minimum Gasteiger partial charge on any atom is -0.385 e. The lowest BCUT2D eigenvalue weighted by atomic mass is 10.0. The van der Waals surface area contributed by atoms with E-state index in [9.17, 15) is 27.6 Å². The second-order valence-corrected chi connectivity index (χ2v) is 6.36. The Morgan fingerprint density at radius 1 is 1.14 bits per heavy atom. The molecule has 150 valence electrons. The first kappa shape index (κ1) is 20.3. The first-order valence-electron chi connectivity index (χ1n) is 8.04. The quantitative estimate of drug-likeness (QED) is 0.581. The van der Waals surface area contributed by atoms with Gasteiger partial charge in [0.05, 0.1) is 16.3 Å². The predicted molar refractivity (Wildman–Crippen MR) is 99.1 cm³/mol. The molecule has 3 rings (SSSR count). The number of para-hydroxylation sites is 1. The van der Waals surface area contributed by atoms with Crippen molar-refractivity contribution in [2.45, 2.75) is 6.18 Å². The summed E-state index contributed by atoms with van der Waals surface area (Å²) in [6.07, 6.45) is -4.75. The minimum atomic E-state index is -4.75. The van der Waals surface area contributed by atoms with Crippen LogP contribution in [0.2, 0.25) is 5.02 Å². The van der Waals surface area contributed by atoms with E-state index in [0.717, 1.165) is 17.1 Å². The summed E-state index contributed by atoms with van der Waals surface area (Å²) in [4.78, 5) is 37.2. The lowest BCUT2D eigenvalue weighted by molar-refractivity contribution is -0.138. The number of carbonyl (C=O) groups excluding carboxylic acids is 3. The van der Waals surface area contributed by atoms with Crippen molar-refractivity contribution in [1.82, 2.24) is 0 Å². The highest BCUT2D eigenvalue weighted by molar-refractivity contribution is 6.50. The third kappa shape index (κ3) is 4.06. The monoisotopic (exact) mass is 424 g/mol. The molecule has 0 bridgehead atoms. The van der Waals surface area contributed by atoms with Crippen molar-refractivity contribution >= 4 is 46.4 Å². The van der Waals surface area contributed by atoms with E-state index in [2.05, 4.69) is 5.10 Å². The fraction of sp³-hybridized carbons (Fsp3) is 0.111. The van der Waals surface area contributed by atoms with Gasteiger partial charge in [0, 0.05) is 5.69 Å². The maximum Gasteiger partial charge on any atom is 0.417 e. The van der Waals surface area contributed by atoms with Crippen molar-refractivity contribution in [2.75, 3.05) is 10.3 Å². The normalized spacial score (nSPS) is 16.6. The zero-order chi connectivity index (χ0) is 21.3. The number of nitrogens with two attached hydrogens (primary N) is 1. The van der Waals surface area contributed by atoms with Crippen LogP contribution in [0.5, 0.6) is 0 Å². The highest BCUT2D eigenvalue weighted by Crippen LogP contribution is 2.36. The molecule has 2 aromatic carbocycles. The van der Waals surface area contributed by atoms with E-state index in [-0.39, 0.29) is 5.69 Å². The summed E-state index contributed by atoms with van der Waals surface area (Å²) >= 11 is 5.51. The summed E-state index contributed by atoms with van der Waals surface area (Å²) in [7, 11) is 0. The molecule has 3 N–H and O–H groups in total. The molecule has 0 saturated heterocycles. The number of rotatable bonds is 4. The van der Waals surface area contributed by atoms with Crippen LogP contribution in [0.25, 0.3) is 0 Å². The van der Waals surface area contributed by atoms with Crippen molar-refractivity contribution in [2.24, 2.45) is 16.8 Å². The van der Waals surface area contributed by atoms with Crippen LogP contribution in [0.15, 0.2) is 53.6 Å². The molecule has 1 unspecified atom stereocenters. The molecule has 2 aromatic rings. The Morgan fingerprint density at radius 3 is 2.41 bits per heavy atom. The number of anilines is 2. The fourth-order valence-electron chi connectivity index (χ4n) is 2.62. The van der Waals surface area contributed by atoms with Crippen LogP contribution in [-0.4, -0.2) is 23.4 Å². The van der Waals surface area contributed by atoms with Gasteiger partial charge in [0.1, 0.15) is 5.84 Å². The van der Waals surface area contributed by atoms with Crippen LogP contribution in [0, 0.1) is 5.92 Å². The highest BCUT2D eigenvalue weighted by atomic mass is 35.5. The third-order valence-electron chi connectivity index (χ3n) is 3.98. The number of alkyl halides is 3. The molecule has 29 heavy (non-hydrogen) atoms.